The summed E-state index contributed by atoms with van der Waals surface area (Å²) in [5.74, 6) is -0.121. The van der Waals surface area contributed by atoms with Crippen LogP contribution in [-0.2, 0) is 11.3 Å². The molecule has 1 amide bonds. The number of hydrogen-bond acceptors (Lipinski definition) is 4. The molecule has 3 rings (SSSR count). The van der Waals surface area contributed by atoms with Gasteiger partial charge >= 0.3 is 0 Å². The van der Waals surface area contributed by atoms with Gasteiger partial charge in [-0.1, -0.05) is 60.7 Å². The maximum atomic E-state index is 12.1. The van der Waals surface area contributed by atoms with Gasteiger partial charge in [-0.2, -0.15) is 10.2 Å². The maximum absolute atomic E-state index is 12.1. The van der Waals surface area contributed by atoms with Crippen LogP contribution in [0.2, 0.25) is 0 Å². The number of aromatic nitrogens is 3. The normalized spacial score (nSPS) is 10.2. The highest BCUT2D eigenvalue weighted by atomic mass is 16.2. The molecule has 0 radical (unpaired) electrons. The summed E-state index contributed by atoms with van der Waals surface area (Å²) >= 11 is 0. The zero-order chi connectivity index (χ0) is 17.3. The van der Waals surface area contributed by atoms with Crippen LogP contribution >= 0.6 is 0 Å². The van der Waals surface area contributed by atoms with Crippen LogP contribution in [0.4, 0.5) is 0 Å². The predicted octanol–water partition coefficient (Wildman–Crippen LogP) is 2.63. The molecule has 0 spiro atoms. The number of hydrazone groups is 1. The summed E-state index contributed by atoms with van der Waals surface area (Å²) in [6.45, 7) is 0.654. The first-order valence-electron chi connectivity index (χ1n) is 8.13. The Morgan fingerprint density at radius 2 is 1.64 bits per heavy atom. The molecular formula is C19H19N5O. The number of rotatable bonds is 7. The Hall–Kier alpha value is -3.28. The average Bonchev–Trinajstić information content (AvgIpc) is 3.17. The molecule has 0 aliphatic rings. The number of nitrogens with one attached hydrogen (secondary N) is 1. The Morgan fingerprint density at radius 1 is 1.00 bits per heavy atom. The van der Waals surface area contributed by atoms with Crippen molar-refractivity contribution in [3.05, 3.63) is 84.4 Å². The minimum atomic E-state index is -0.121. The molecule has 1 N–H and O–H groups in total. The van der Waals surface area contributed by atoms with Crippen LogP contribution in [0.25, 0.3) is 0 Å². The smallest absolute Gasteiger partial charge is 0.240 e. The summed E-state index contributed by atoms with van der Waals surface area (Å²) in [7, 11) is 0. The van der Waals surface area contributed by atoms with Crippen molar-refractivity contribution < 1.29 is 4.79 Å². The molecule has 0 atom stereocenters. The van der Waals surface area contributed by atoms with E-state index in [1.165, 1.54) is 6.33 Å². The number of benzene rings is 2. The summed E-state index contributed by atoms with van der Waals surface area (Å²) in [6, 6.07) is 19.6. The van der Waals surface area contributed by atoms with E-state index < -0.39 is 0 Å². The molecule has 0 bridgehead atoms. The molecule has 2 aromatic carbocycles. The number of nitrogens with zero attached hydrogens (tertiary/aromatic N) is 4. The second-order valence-corrected chi connectivity index (χ2v) is 5.49. The standard InChI is InChI=1S/C19H19N5O/c25-18(12-7-13-24-15-20-14-21-24)22-23-19(16-8-3-1-4-9-16)17-10-5-2-6-11-17/h1-6,8-11,14-15H,7,12-13H2,(H,22,25). The minimum absolute atomic E-state index is 0.121. The van der Waals surface area contributed by atoms with E-state index in [4.69, 9.17) is 0 Å². The van der Waals surface area contributed by atoms with Crippen molar-refractivity contribution in [2.24, 2.45) is 5.10 Å². The van der Waals surface area contributed by atoms with Gasteiger partial charge in [-0.25, -0.2) is 10.4 Å². The van der Waals surface area contributed by atoms with Crippen LogP contribution in [-0.4, -0.2) is 26.4 Å². The lowest BCUT2D eigenvalue weighted by atomic mass is 10.0. The van der Waals surface area contributed by atoms with Crippen LogP contribution < -0.4 is 5.43 Å². The molecule has 0 saturated heterocycles. The van der Waals surface area contributed by atoms with Crippen LogP contribution in [0.3, 0.4) is 0 Å². The highest BCUT2D eigenvalue weighted by Crippen LogP contribution is 2.10. The lowest BCUT2D eigenvalue weighted by Gasteiger charge is -2.08. The lowest BCUT2D eigenvalue weighted by molar-refractivity contribution is -0.121. The van der Waals surface area contributed by atoms with E-state index in [1.807, 2.05) is 60.7 Å². The van der Waals surface area contributed by atoms with E-state index in [-0.39, 0.29) is 5.91 Å². The largest absolute Gasteiger partial charge is 0.273 e. The van der Waals surface area contributed by atoms with E-state index in [0.717, 1.165) is 16.8 Å². The molecule has 126 valence electrons. The Morgan fingerprint density at radius 3 is 2.20 bits per heavy atom. The molecule has 0 aliphatic carbocycles. The Bertz CT molecular complexity index is 772. The van der Waals surface area contributed by atoms with E-state index in [9.17, 15) is 4.79 Å². The van der Waals surface area contributed by atoms with Gasteiger partial charge in [-0.05, 0) is 6.42 Å². The van der Waals surface area contributed by atoms with Crippen molar-refractivity contribution in [2.75, 3.05) is 0 Å². The summed E-state index contributed by atoms with van der Waals surface area (Å²) in [5.41, 5.74) is 5.32. The monoisotopic (exact) mass is 333 g/mol. The van der Waals surface area contributed by atoms with Crippen molar-refractivity contribution in [2.45, 2.75) is 19.4 Å². The quantitative estimate of drug-likeness (QED) is 0.534. The van der Waals surface area contributed by atoms with Gasteiger partial charge in [-0.15, -0.1) is 0 Å². The van der Waals surface area contributed by atoms with Gasteiger partial charge in [0.25, 0.3) is 0 Å². The van der Waals surface area contributed by atoms with Crippen molar-refractivity contribution in [3.63, 3.8) is 0 Å². The third-order valence-electron chi connectivity index (χ3n) is 3.64. The SMILES string of the molecule is O=C(CCCn1cncn1)NN=C(c1ccccc1)c1ccccc1. The zero-order valence-electron chi connectivity index (χ0n) is 13.7. The fourth-order valence-corrected chi connectivity index (χ4v) is 2.41. The first-order chi connectivity index (χ1) is 12.3. The van der Waals surface area contributed by atoms with E-state index in [1.54, 1.807) is 11.0 Å². The van der Waals surface area contributed by atoms with E-state index in [0.29, 0.717) is 19.4 Å². The highest BCUT2D eigenvalue weighted by molar-refractivity contribution is 6.13. The number of aryl methyl sites for hydroxylation is 1. The topological polar surface area (TPSA) is 72.2 Å². The summed E-state index contributed by atoms with van der Waals surface area (Å²) < 4.78 is 1.70. The van der Waals surface area contributed by atoms with Crippen LogP contribution in [0.15, 0.2) is 78.4 Å². The molecular weight excluding hydrogens is 314 g/mol. The third-order valence-corrected chi connectivity index (χ3v) is 3.64. The van der Waals surface area contributed by atoms with Gasteiger partial charge < -0.3 is 0 Å². The second kappa shape index (κ2) is 8.54. The molecule has 6 nitrogen and oxygen atoms in total. The van der Waals surface area contributed by atoms with Gasteiger partial charge in [0, 0.05) is 24.1 Å². The Labute approximate surface area is 146 Å². The Balaban J connectivity index is 1.65. The predicted molar refractivity (Wildman–Crippen MR) is 95.9 cm³/mol. The molecule has 6 heteroatoms. The molecule has 0 saturated carbocycles. The van der Waals surface area contributed by atoms with Crippen molar-refractivity contribution >= 4 is 11.6 Å². The number of carbonyl (C=O) groups excluding carboxylic acids is 1. The third kappa shape index (κ3) is 4.84. The average molecular weight is 333 g/mol. The number of carbonyl (C=O) groups is 1. The summed E-state index contributed by atoms with van der Waals surface area (Å²) in [5, 5.41) is 8.38. The van der Waals surface area contributed by atoms with Gasteiger partial charge in [0.15, 0.2) is 0 Å². The zero-order valence-corrected chi connectivity index (χ0v) is 13.7. The van der Waals surface area contributed by atoms with E-state index >= 15 is 0 Å². The summed E-state index contributed by atoms with van der Waals surface area (Å²) in [6.07, 6.45) is 4.17. The highest BCUT2D eigenvalue weighted by Gasteiger charge is 2.08. The molecule has 1 heterocycles. The number of hydrogen-bond donors (Lipinski definition) is 1. The Kier molecular flexibility index (Phi) is 5.66. The van der Waals surface area contributed by atoms with Crippen LogP contribution in [0, 0.1) is 0 Å². The fourth-order valence-electron chi connectivity index (χ4n) is 2.41. The van der Waals surface area contributed by atoms with Crippen molar-refractivity contribution in [1.82, 2.24) is 20.2 Å². The molecule has 25 heavy (non-hydrogen) atoms. The molecule has 0 unspecified atom stereocenters. The van der Waals surface area contributed by atoms with Crippen molar-refractivity contribution in [3.8, 4) is 0 Å². The van der Waals surface area contributed by atoms with Crippen LogP contribution in [0.1, 0.15) is 24.0 Å². The van der Waals surface area contributed by atoms with Gasteiger partial charge in [0.05, 0.1) is 5.71 Å². The molecule has 3 aromatic rings. The number of amides is 1. The molecule has 1 aromatic heterocycles. The van der Waals surface area contributed by atoms with Gasteiger partial charge in [-0.3, -0.25) is 9.48 Å². The molecule has 0 aliphatic heterocycles. The first kappa shape index (κ1) is 16.6. The van der Waals surface area contributed by atoms with Gasteiger partial charge in [0.1, 0.15) is 12.7 Å². The lowest BCUT2D eigenvalue weighted by Crippen LogP contribution is -2.20. The van der Waals surface area contributed by atoms with Crippen molar-refractivity contribution in [1.29, 1.82) is 0 Å². The van der Waals surface area contributed by atoms with Crippen LogP contribution in [0.5, 0.6) is 0 Å². The maximum Gasteiger partial charge on any atom is 0.240 e. The first-order valence-corrected chi connectivity index (χ1v) is 8.13. The van der Waals surface area contributed by atoms with Gasteiger partial charge in [0.2, 0.25) is 5.91 Å². The molecule has 0 fully saturated rings. The summed E-state index contributed by atoms with van der Waals surface area (Å²) in [4.78, 5) is 16.0. The second-order valence-electron chi connectivity index (χ2n) is 5.49. The fraction of sp³-hybridized carbons (Fsp3) is 0.158. The minimum Gasteiger partial charge on any atom is -0.273 e. The van der Waals surface area contributed by atoms with E-state index in [2.05, 4.69) is 20.6 Å².